The van der Waals surface area contributed by atoms with Crippen LogP contribution in [0.1, 0.15) is 73.6 Å². The maximum atomic E-state index is 12.9. The SMILES string of the molecule is CCCCCCN1C(=O)C(C)(CC)NC(=O)C1C(C)(C)C. The molecule has 4 nitrogen and oxygen atoms in total. The summed E-state index contributed by atoms with van der Waals surface area (Å²) < 4.78 is 0. The third-order valence-corrected chi connectivity index (χ3v) is 4.47. The first-order valence-electron chi connectivity index (χ1n) is 8.30. The molecule has 0 spiro atoms. The van der Waals surface area contributed by atoms with Gasteiger partial charge in [-0.25, -0.2) is 0 Å². The summed E-state index contributed by atoms with van der Waals surface area (Å²) in [7, 11) is 0. The topological polar surface area (TPSA) is 49.4 Å². The van der Waals surface area contributed by atoms with E-state index in [9.17, 15) is 9.59 Å². The normalized spacial score (nSPS) is 27.0. The Bertz CT molecular complexity index is 387. The molecule has 21 heavy (non-hydrogen) atoms. The molecule has 2 unspecified atom stereocenters. The van der Waals surface area contributed by atoms with E-state index in [2.05, 4.69) is 12.2 Å². The van der Waals surface area contributed by atoms with Gasteiger partial charge in [0, 0.05) is 6.54 Å². The first-order valence-corrected chi connectivity index (χ1v) is 8.30. The average molecular weight is 296 g/mol. The lowest BCUT2D eigenvalue weighted by Crippen LogP contribution is -2.71. The monoisotopic (exact) mass is 296 g/mol. The summed E-state index contributed by atoms with van der Waals surface area (Å²) >= 11 is 0. The number of carbonyl (C=O) groups excluding carboxylic acids is 2. The number of piperazine rings is 1. The van der Waals surface area contributed by atoms with Gasteiger partial charge in [-0.3, -0.25) is 9.59 Å². The summed E-state index contributed by atoms with van der Waals surface area (Å²) in [5.41, 5.74) is -0.997. The van der Waals surface area contributed by atoms with E-state index in [1.54, 1.807) is 0 Å². The molecular formula is C17H32N2O2. The molecule has 0 aromatic rings. The van der Waals surface area contributed by atoms with Gasteiger partial charge in [-0.1, -0.05) is 53.9 Å². The van der Waals surface area contributed by atoms with Crippen LogP contribution in [0.3, 0.4) is 0 Å². The van der Waals surface area contributed by atoms with E-state index >= 15 is 0 Å². The minimum atomic E-state index is -0.746. The van der Waals surface area contributed by atoms with E-state index in [1.165, 1.54) is 12.8 Å². The van der Waals surface area contributed by atoms with Crippen molar-refractivity contribution in [3.05, 3.63) is 0 Å². The fourth-order valence-corrected chi connectivity index (χ4v) is 3.01. The second-order valence-electron chi connectivity index (χ2n) is 7.50. The lowest BCUT2D eigenvalue weighted by Gasteiger charge is -2.48. The van der Waals surface area contributed by atoms with Crippen LogP contribution >= 0.6 is 0 Å². The van der Waals surface area contributed by atoms with E-state index in [1.807, 2.05) is 39.5 Å². The number of nitrogens with one attached hydrogen (secondary N) is 1. The highest BCUT2D eigenvalue weighted by atomic mass is 16.2. The Morgan fingerprint density at radius 3 is 2.24 bits per heavy atom. The second kappa shape index (κ2) is 6.80. The van der Waals surface area contributed by atoms with Gasteiger partial charge in [0.1, 0.15) is 11.6 Å². The fourth-order valence-electron chi connectivity index (χ4n) is 3.01. The van der Waals surface area contributed by atoms with Crippen molar-refractivity contribution in [1.29, 1.82) is 0 Å². The van der Waals surface area contributed by atoms with Crippen LogP contribution in [-0.2, 0) is 9.59 Å². The number of rotatable bonds is 6. The van der Waals surface area contributed by atoms with Gasteiger partial charge in [-0.2, -0.15) is 0 Å². The van der Waals surface area contributed by atoms with Crippen molar-refractivity contribution < 1.29 is 9.59 Å². The second-order valence-corrected chi connectivity index (χ2v) is 7.50. The van der Waals surface area contributed by atoms with Crippen LogP contribution in [0.5, 0.6) is 0 Å². The zero-order valence-corrected chi connectivity index (χ0v) is 14.6. The molecule has 1 aliphatic rings. The predicted molar refractivity (Wildman–Crippen MR) is 85.9 cm³/mol. The fraction of sp³-hybridized carbons (Fsp3) is 0.882. The van der Waals surface area contributed by atoms with Gasteiger partial charge >= 0.3 is 0 Å². The molecule has 2 amide bonds. The van der Waals surface area contributed by atoms with Gasteiger partial charge in [-0.15, -0.1) is 0 Å². The lowest BCUT2D eigenvalue weighted by molar-refractivity contribution is -0.159. The summed E-state index contributed by atoms with van der Waals surface area (Å²) in [5.74, 6) is 0.0583. The molecule has 0 saturated carbocycles. The highest BCUT2D eigenvalue weighted by molar-refractivity contribution is 5.99. The largest absolute Gasteiger partial charge is 0.340 e. The summed E-state index contributed by atoms with van der Waals surface area (Å²) in [5, 5.41) is 2.95. The van der Waals surface area contributed by atoms with Crippen molar-refractivity contribution in [2.75, 3.05) is 6.54 Å². The minimum Gasteiger partial charge on any atom is -0.340 e. The molecule has 0 radical (unpaired) electrons. The Morgan fingerprint density at radius 1 is 1.14 bits per heavy atom. The molecule has 0 bridgehead atoms. The molecule has 122 valence electrons. The van der Waals surface area contributed by atoms with Crippen molar-refractivity contribution in [3.63, 3.8) is 0 Å². The first-order chi connectivity index (χ1) is 9.67. The number of hydrogen-bond acceptors (Lipinski definition) is 2. The van der Waals surface area contributed by atoms with Crippen LogP contribution in [0, 0.1) is 5.41 Å². The predicted octanol–water partition coefficient (Wildman–Crippen LogP) is 3.11. The summed E-state index contributed by atoms with van der Waals surface area (Å²) in [6.07, 6.45) is 5.06. The Kier molecular flexibility index (Phi) is 5.83. The van der Waals surface area contributed by atoms with Gasteiger partial charge < -0.3 is 10.2 Å². The van der Waals surface area contributed by atoms with E-state index in [0.717, 1.165) is 12.8 Å². The summed E-state index contributed by atoms with van der Waals surface area (Å²) in [4.78, 5) is 27.2. The van der Waals surface area contributed by atoms with Crippen molar-refractivity contribution in [2.24, 2.45) is 5.41 Å². The van der Waals surface area contributed by atoms with E-state index in [-0.39, 0.29) is 23.3 Å². The highest BCUT2D eigenvalue weighted by Gasteiger charge is 2.50. The van der Waals surface area contributed by atoms with Crippen molar-refractivity contribution in [3.8, 4) is 0 Å². The Morgan fingerprint density at radius 2 is 1.76 bits per heavy atom. The van der Waals surface area contributed by atoms with Gasteiger partial charge in [0.05, 0.1) is 0 Å². The molecule has 1 N–H and O–H groups in total. The Labute approximate surface area is 129 Å². The molecular weight excluding hydrogens is 264 g/mol. The minimum absolute atomic E-state index is 0.0121. The van der Waals surface area contributed by atoms with Gasteiger partial charge in [0.15, 0.2) is 0 Å². The van der Waals surface area contributed by atoms with Crippen LogP contribution in [-0.4, -0.2) is 34.8 Å². The first kappa shape index (κ1) is 18.0. The molecule has 1 fully saturated rings. The molecule has 0 aromatic carbocycles. The summed E-state index contributed by atoms with van der Waals surface area (Å²) in [6.45, 7) is 12.7. The number of hydrogen-bond donors (Lipinski definition) is 1. The zero-order valence-electron chi connectivity index (χ0n) is 14.6. The molecule has 0 aliphatic carbocycles. The maximum Gasteiger partial charge on any atom is 0.248 e. The van der Waals surface area contributed by atoms with Crippen LogP contribution in [0.15, 0.2) is 0 Å². The quantitative estimate of drug-likeness (QED) is 0.766. The van der Waals surface area contributed by atoms with Crippen LogP contribution in [0.25, 0.3) is 0 Å². The summed E-state index contributed by atoms with van der Waals surface area (Å²) in [6, 6.07) is -0.369. The Hall–Kier alpha value is -1.06. The third kappa shape index (κ3) is 3.98. The van der Waals surface area contributed by atoms with E-state index < -0.39 is 5.54 Å². The zero-order chi connectivity index (χ0) is 16.3. The van der Waals surface area contributed by atoms with E-state index in [0.29, 0.717) is 13.0 Å². The smallest absolute Gasteiger partial charge is 0.248 e. The highest BCUT2D eigenvalue weighted by Crippen LogP contribution is 2.31. The number of nitrogens with zero attached hydrogens (tertiary/aromatic N) is 1. The molecule has 1 rings (SSSR count). The van der Waals surface area contributed by atoms with Gasteiger partial charge in [-0.05, 0) is 25.2 Å². The molecule has 0 aromatic heterocycles. The number of unbranched alkanes of at least 4 members (excludes halogenated alkanes) is 3. The Balaban J connectivity index is 2.96. The van der Waals surface area contributed by atoms with E-state index in [4.69, 9.17) is 0 Å². The van der Waals surface area contributed by atoms with Crippen molar-refractivity contribution in [1.82, 2.24) is 10.2 Å². The third-order valence-electron chi connectivity index (χ3n) is 4.47. The standard InChI is InChI=1S/C17H32N2O2/c1-7-9-10-11-12-19-13(16(3,4)5)14(20)18-17(6,8-2)15(19)21/h13H,7-12H2,1-6H3,(H,18,20). The molecule has 1 heterocycles. The molecule has 1 saturated heterocycles. The number of amides is 2. The maximum absolute atomic E-state index is 12.9. The molecule has 2 atom stereocenters. The van der Waals surface area contributed by atoms with Gasteiger partial charge in [0.2, 0.25) is 11.8 Å². The van der Waals surface area contributed by atoms with Gasteiger partial charge in [0.25, 0.3) is 0 Å². The molecule has 1 aliphatic heterocycles. The number of carbonyl (C=O) groups is 2. The molecule has 4 heteroatoms. The average Bonchev–Trinajstić information content (AvgIpc) is 2.38. The van der Waals surface area contributed by atoms with Crippen LogP contribution in [0.2, 0.25) is 0 Å². The van der Waals surface area contributed by atoms with Crippen molar-refractivity contribution >= 4 is 11.8 Å². The van der Waals surface area contributed by atoms with Crippen LogP contribution < -0.4 is 5.32 Å². The van der Waals surface area contributed by atoms with Crippen LogP contribution in [0.4, 0.5) is 0 Å². The lowest BCUT2D eigenvalue weighted by atomic mass is 9.80. The van der Waals surface area contributed by atoms with Crippen molar-refractivity contribution in [2.45, 2.75) is 85.2 Å².